The van der Waals surface area contributed by atoms with Crippen molar-refractivity contribution in [3.05, 3.63) is 35.4 Å². The van der Waals surface area contributed by atoms with E-state index in [1.807, 2.05) is 31.3 Å². The van der Waals surface area contributed by atoms with E-state index in [0.29, 0.717) is 18.7 Å². The predicted molar refractivity (Wildman–Crippen MR) is 65.2 cm³/mol. The highest BCUT2D eigenvalue weighted by Gasteiger charge is 2.10. The quantitative estimate of drug-likeness (QED) is 0.758. The van der Waals surface area contributed by atoms with Gasteiger partial charge in [-0.1, -0.05) is 12.1 Å². The summed E-state index contributed by atoms with van der Waals surface area (Å²) in [5.74, 6) is 0.0406. The third-order valence-electron chi connectivity index (χ3n) is 2.48. The Morgan fingerprint density at radius 1 is 1.38 bits per heavy atom. The standard InChI is InChI=1S/C12H19N3O/c1-14-7-8-15(2)12(16)11-5-3-10(9-13)4-6-11/h3-6,14H,7-9,13H2,1-2H3. The van der Waals surface area contributed by atoms with Crippen LogP contribution in [0.1, 0.15) is 15.9 Å². The van der Waals surface area contributed by atoms with Crippen LogP contribution in [0.15, 0.2) is 24.3 Å². The number of nitrogens with two attached hydrogens (primary N) is 1. The molecule has 16 heavy (non-hydrogen) atoms. The fourth-order valence-corrected chi connectivity index (χ4v) is 1.38. The molecule has 0 atom stereocenters. The molecule has 0 aliphatic carbocycles. The Bertz CT molecular complexity index is 335. The van der Waals surface area contributed by atoms with Crippen LogP contribution in [0.4, 0.5) is 0 Å². The number of benzene rings is 1. The van der Waals surface area contributed by atoms with Gasteiger partial charge in [0, 0.05) is 32.2 Å². The third-order valence-corrected chi connectivity index (χ3v) is 2.48. The van der Waals surface area contributed by atoms with Crippen molar-refractivity contribution in [3.63, 3.8) is 0 Å². The second-order valence-corrected chi connectivity index (χ2v) is 3.73. The molecule has 0 aliphatic heterocycles. The maximum atomic E-state index is 11.9. The Morgan fingerprint density at radius 2 is 2.00 bits per heavy atom. The van der Waals surface area contributed by atoms with Crippen LogP contribution in [-0.4, -0.2) is 38.0 Å². The molecule has 0 aliphatic rings. The number of carbonyl (C=O) groups is 1. The van der Waals surface area contributed by atoms with Gasteiger partial charge < -0.3 is 16.0 Å². The van der Waals surface area contributed by atoms with Gasteiger partial charge in [-0.3, -0.25) is 4.79 Å². The zero-order chi connectivity index (χ0) is 12.0. The van der Waals surface area contributed by atoms with Gasteiger partial charge >= 0.3 is 0 Å². The van der Waals surface area contributed by atoms with Crippen molar-refractivity contribution in [2.24, 2.45) is 5.73 Å². The Hall–Kier alpha value is -1.39. The van der Waals surface area contributed by atoms with E-state index < -0.39 is 0 Å². The summed E-state index contributed by atoms with van der Waals surface area (Å²) in [6.07, 6.45) is 0. The van der Waals surface area contributed by atoms with Gasteiger partial charge in [0.15, 0.2) is 0 Å². The number of likely N-dealkylation sites (N-methyl/N-ethyl adjacent to an activating group) is 2. The molecular formula is C12H19N3O. The lowest BCUT2D eigenvalue weighted by Gasteiger charge is -2.16. The summed E-state index contributed by atoms with van der Waals surface area (Å²) in [6, 6.07) is 7.42. The molecule has 1 aromatic carbocycles. The molecule has 0 heterocycles. The van der Waals surface area contributed by atoms with Crippen LogP contribution in [0.2, 0.25) is 0 Å². The Kier molecular flexibility index (Phi) is 4.95. The van der Waals surface area contributed by atoms with Crippen molar-refractivity contribution >= 4 is 5.91 Å². The molecule has 0 spiro atoms. The van der Waals surface area contributed by atoms with Gasteiger partial charge in [-0.05, 0) is 24.7 Å². The maximum absolute atomic E-state index is 11.9. The van der Waals surface area contributed by atoms with Gasteiger partial charge in [0.1, 0.15) is 0 Å². The average Bonchev–Trinajstić information content (AvgIpc) is 2.35. The first-order chi connectivity index (χ1) is 7.69. The minimum absolute atomic E-state index is 0.0406. The highest BCUT2D eigenvalue weighted by atomic mass is 16.2. The zero-order valence-electron chi connectivity index (χ0n) is 9.86. The van der Waals surface area contributed by atoms with Gasteiger partial charge in [0.05, 0.1) is 0 Å². The summed E-state index contributed by atoms with van der Waals surface area (Å²) in [4.78, 5) is 13.6. The van der Waals surface area contributed by atoms with Crippen LogP contribution >= 0.6 is 0 Å². The van der Waals surface area contributed by atoms with E-state index in [0.717, 1.165) is 12.1 Å². The fourth-order valence-electron chi connectivity index (χ4n) is 1.38. The SMILES string of the molecule is CNCCN(C)C(=O)c1ccc(CN)cc1. The van der Waals surface area contributed by atoms with Crippen molar-refractivity contribution < 1.29 is 4.79 Å². The molecule has 0 saturated carbocycles. The highest BCUT2D eigenvalue weighted by molar-refractivity contribution is 5.94. The first-order valence-electron chi connectivity index (χ1n) is 5.38. The van der Waals surface area contributed by atoms with Crippen LogP contribution in [0.25, 0.3) is 0 Å². The van der Waals surface area contributed by atoms with Crippen LogP contribution < -0.4 is 11.1 Å². The number of nitrogens with one attached hydrogen (secondary N) is 1. The average molecular weight is 221 g/mol. The monoisotopic (exact) mass is 221 g/mol. The Morgan fingerprint density at radius 3 is 2.50 bits per heavy atom. The van der Waals surface area contributed by atoms with E-state index in [1.165, 1.54) is 0 Å². The van der Waals surface area contributed by atoms with E-state index in [4.69, 9.17) is 5.73 Å². The van der Waals surface area contributed by atoms with E-state index in [2.05, 4.69) is 5.32 Å². The molecular weight excluding hydrogens is 202 g/mol. The second-order valence-electron chi connectivity index (χ2n) is 3.73. The van der Waals surface area contributed by atoms with E-state index in [9.17, 15) is 4.79 Å². The summed E-state index contributed by atoms with van der Waals surface area (Å²) in [6.45, 7) is 2.00. The van der Waals surface area contributed by atoms with E-state index in [1.54, 1.807) is 11.9 Å². The zero-order valence-corrected chi connectivity index (χ0v) is 9.86. The van der Waals surface area contributed by atoms with Crippen molar-refractivity contribution in [1.29, 1.82) is 0 Å². The first kappa shape index (κ1) is 12.7. The molecule has 4 nitrogen and oxygen atoms in total. The van der Waals surface area contributed by atoms with Crippen molar-refractivity contribution in [3.8, 4) is 0 Å². The minimum Gasteiger partial charge on any atom is -0.340 e. The van der Waals surface area contributed by atoms with Crippen molar-refractivity contribution in [1.82, 2.24) is 10.2 Å². The molecule has 0 radical (unpaired) electrons. The van der Waals surface area contributed by atoms with Gasteiger partial charge in [0.2, 0.25) is 0 Å². The Labute approximate surface area is 96.4 Å². The minimum atomic E-state index is 0.0406. The molecule has 1 rings (SSSR count). The molecule has 0 saturated heterocycles. The molecule has 4 heteroatoms. The molecule has 0 fully saturated rings. The predicted octanol–water partition coefficient (Wildman–Crippen LogP) is 0.437. The molecule has 88 valence electrons. The number of hydrogen-bond acceptors (Lipinski definition) is 3. The number of rotatable bonds is 5. The van der Waals surface area contributed by atoms with Crippen LogP contribution in [0, 0.1) is 0 Å². The van der Waals surface area contributed by atoms with Crippen LogP contribution in [-0.2, 0) is 6.54 Å². The lowest BCUT2D eigenvalue weighted by atomic mass is 10.1. The lowest BCUT2D eigenvalue weighted by molar-refractivity contribution is 0.0797. The fraction of sp³-hybridized carbons (Fsp3) is 0.417. The molecule has 1 aromatic rings. The summed E-state index contributed by atoms with van der Waals surface area (Å²) in [5.41, 5.74) is 7.24. The molecule has 1 amide bonds. The summed E-state index contributed by atoms with van der Waals surface area (Å²) < 4.78 is 0. The number of carbonyl (C=O) groups excluding carboxylic acids is 1. The number of nitrogens with zero attached hydrogens (tertiary/aromatic N) is 1. The largest absolute Gasteiger partial charge is 0.340 e. The van der Waals surface area contributed by atoms with E-state index in [-0.39, 0.29) is 5.91 Å². The van der Waals surface area contributed by atoms with Gasteiger partial charge in [-0.15, -0.1) is 0 Å². The molecule has 0 aromatic heterocycles. The smallest absolute Gasteiger partial charge is 0.253 e. The van der Waals surface area contributed by atoms with Gasteiger partial charge in [-0.2, -0.15) is 0 Å². The van der Waals surface area contributed by atoms with Crippen molar-refractivity contribution in [2.75, 3.05) is 27.2 Å². The highest BCUT2D eigenvalue weighted by Crippen LogP contribution is 2.06. The summed E-state index contributed by atoms with van der Waals surface area (Å²) in [5, 5.41) is 3.01. The number of amides is 1. The molecule has 0 unspecified atom stereocenters. The van der Waals surface area contributed by atoms with Crippen molar-refractivity contribution in [2.45, 2.75) is 6.54 Å². The van der Waals surface area contributed by atoms with E-state index >= 15 is 0 Å². The van der Waals surface area contributed by atoms with Gasteiger partial charge in [0.25, 0.3) is 5.91 Å². The van der Waals surface area contributed by atoms with Crippen LogP contribution in [0.5, 0.6) is 0 Å². The van der Waals surface area contributed by atoms with Gasteiger partial charge in [-0.25, -0.2) is 0 Å². The van der Waals surface area contributed by atoms with Crippen LogP contribution in [0.3, 0.4) is 0 Å². The Balaban J connectivity index is 2.64. The lowest BCUT2D eigenvalue weighted by Crippen LogP contribution is -2.32. The summed E-state index contributed by atoms with van der Waals surface area (Å²) >= 11 is 0. The maximum Gasteiger partial charge on any atom is 0.253 e. The third kappa shape index (κ3) is 3.32. The topological polar surface area (TPSA) is 58.4 Å². The second kappa shape index (κ2) is 6.25. The molecule has 3 N–H and O–H groups in total. The number of hydrogen-bond donors (Lipinski definition) is 2. The molecule has 0 bridgehead atoms. The normalized spacial score (nSPS) is 10.2. The first-order valence-corrected chi connectivity index (χ1v) is 5.38. The summed E-state index contributed by atoms with van der Waals surface area (Å²) in [7, 11) is 3.67.